The zero-order chi connectivity index (χ0) is 14.0. The number of nitrogen functional groups attached to an aromatic ring is 1. The predicted molar refractivity (Wildman–Crippen MR) is 80.3 cm³/mol. The topological polar surface area (TPSA) is 55.1 Å². The lowest BCUT2D eigenvalue weighted by molar-refractivity contribution is 0.102. The summed E-state index contributed by atoms with van der Waals surface area (Å²) in [6.07, 6.45) is 0. The zero-order valence-corrected chi connectivity index (χ0v) is 11.9. The van der Waals surface area contributed by atoms with E-state index in [0.717, 1.165) is 0 Å². The van der Waals surface area contributed by atoms with Crippen LogP contribution in [0.25, 0.3) is 0 Å². The largest absolute Gasteiger partial charge is 0.398 e. The van der Waals surface area contributed by atoms with Crippen molar-refractivity contribution >= 4 is 52.1 Å². The second-order valence-electron chi connectivity index (χ2n) is 3.81. The number of rotatable bonds is 2. The molecule has 19 heavy (non-hydrogen) atoms. The minimum absolute atomic E-state index is 0.339. The maximum atomic E-state index is 12.0. The Kier molecular flexibility index (Phi) is 4.20. The van der Waals surface area contributed by atoms with Crippen LogP contribution in [0.15, 0.2) is 36.4 Å². The van der Waals surface area contributed by atoms with Crippen molar-refractivity contribution in [2.45, 2.75) is 0 Å². The summed E-state index contributed by atoms with van der Waals surface area (Å²) >= 11 is 17.6. The fourth-order valence-corrected chi connectivity index (χ4v) is 1.93. The van der Waals surface area contributed by atoms with E-state index < -0.39 is 0 Å². The fraction of sp³-hybridized carbons (Fsp3) is 0. The Bertz CT molecular complexity index is 644. The highest BCUT2D eigenvalue weighted by Crippen LogP contribution is 2.26. The van der Waals surface area contributed by atoms with Crippen LogP contribution in [0, 0.1) is 0 Å². The predicted octanol–water partition coefficient (Wildman–Crippen LogP) is 4.48. The lowest BCUT2D eigenvalue weighted by Gasteiger charge is -2.08. The van der Waals surface area contributed by atoms with Crippen molar-refractivity contribution in [3.05, 3.63) is 57.0 Å². The molecule has 2 aromatic rings. The minimum atomic E-state index is -0.340. The number of carbonyl (C=O) groups excluding carboxylic acids is 1. The van der Waals surface area contributed by atoms with Gasteiger partial charge in [-0.3, -0.25) is 4.79 Å². The van der Waals surface area contributed by atoms with Gasteiger partial charge in [-0.1, -0.05) is 34.8 Å². The van der Waals surface area contributed by atoms with Crippen molar-refractivity contribution in [2.24, 2.45) is 0 Å². The number of carbonyl (C=O) groups is 1. The molecule has 0 aromatic heterocycles. The smallest absolute Gasteiger partial charge is 0.255 e. The molecule has 0 aliphatic carbocycles. The number of nitrogens with two attached hydrogens (primary N) is 1. The van der Waals surface area contributed by atoms with E-state index >= 15 is 0 Å². The van der Waals surface area contributed by atoms with Crippen LogP contribution in [0.1, 0.15) is 10.4 Å². The van der Waals surface area contributed by atoms with Crippen LogP contribution in [-0.2, 0) is 0 Å². The summed E-state index contributed by atoms with van der Waals surface area (Å²) in [5.41, 5.74) is 6.81. The van der Waals surface area contributed by atoms with Crippen LogP contribution in [0.5, 0.6) is 0 Å². The first-order chi connectivity index (χ1) is 8.97. The molecule has 3 nitrogen and oxygen atoms in total. The van der Waals surface area contributed by atoms with Crippen molar-refractivity contribution in [3.63, 3.8) is 0 Å². The highest BCUT2D eigenvalue weighted by molar-refractivity contribution is 6.36. The molecule has 0 fully saturated rings. The van der Waals surface area contributed by atoms with E-state index in [4.69, 9.17) is 40.5 Å². The molecule has 0 bridgehead atoms. The van der Waals surface area contributed by atoms with Crippen LogP contribution in [-0.4, -0.2) is 5.91 Å². The van der Waals surface area contributed by atoms with Crippen molar-refractivity contribution in [1.29, 1.82) is 0 Å². The Balaban J connectivity index is 2.25. The normalized spacial score (nSPS) is 10.3. The van der Waals surface area contributed by atoms with E-state index in [1.165, 1.54) is 6.07 Å². The molecular formula is C13H9Cl3N2O. The zero-order valence-electron chi connectivity index (χ0n) is 9.58. The van der Waals surface area contributed by atoms with Gasteiger partial charge in [-0.2, -0.15) is 0 Å². The number of hydrogen-bond donors (Lipinski definition) is 2. The van der Waals surface area contributed by atoms with Gasteiger partial charge in [0, 0.05) is 10.6 Å². The Labute approximate surface area is 125 Å². The van der Waals surface area contributed by atoms with Gasteiger partial charge in [-0.05, 0) is 36.4 Å². The quantitative estimate of drug-likeness (QED) is 0.803. The first kappa shape index (κ1) is 14.0. The van der Waals surface area contributed by atoms with Crippen molar-refractivity contribution in [3.8, 4) is 0 Å². The number of nitrogens with one attached hydrogen (secondary N) is 1. The first-order valence-corrected chi connectivity index (χ1v) is 6.42. The summed E-state index contributed by atoms with van der Waals surface area (Å²) in [4.78, 5) is 12.0. The van der Waals surface area contributed by atoms with Gasteiger partial charge < -0.3 is 11.1 Å². The maximum absolute atomic E-state index is 12.0. The third-order valence-electron chi connectivity index (χ3n) is 2.43. The van der Waals surface area contributed by atoms with Gasteiger partial charge in [0.2, 0.25) is 0 Å². The molecule has 0 aliphatic heterocycles. The van der Waals surface area contributed by atoms with Crippen LogP contribution in [0.4, 0.5) is 11.4 Å². The molecule has 0 radical (unpaired) electrons. The third-order valence-corrected chi connectivity index (χ3v) is 3.34. The Hall–Kier alpha value is -1.42. The van der Waals surface area contributed by atoms with Crippen LogP contribution >= 0.6 is 34.8 Å². The minimum Gasteiger partial charge on any atom is -0.398 e. The Morgan fingerprint density at radius 3 is 2.37 bits per heavy atom. The molecule has 6 heteroatoms. The summed E-state index contributed by atoms with van der Waals surface area (Å²) in [5.74, 6) is -0.340. The van der Waals surface area contributed by atoms with Gasteiger partial charge in [0.15, 0.2) is 0 Å². The lowest BCUT2D eigenvalue weighted by Crippen LogP contribution is -2.12. The maximum Gasteiger partial charge on any atom is 0.255 e. The summed E-state index contributed by atoms with van der Waals surface area (Å²) < 4.78 is 0. The van der Waals surface area contributed by atoms with Gasteiger partial charge in [0.25, 0.3) is 5.91 Å². The molecule has 1 amide bonds. The van der Waals surface area contributed by atoms with Gasteiger partial charge in [0.1, 0.15) is 0 Å². The van der Waals surface area contributed by atoms with E-state index in [9.17, 15) is 4.79 Å². The average Bonchev–Trinajstić information content (AvgIpc) is 2.37. The summed E-state index contributed by atoms with van der Waals surface area (Å²) in [5, 5.41) is 3.94. The Morgan fingerprint density at radius 1 is 1.00 bits per heavy atom. The molecule has 98 valence electrons. The first-order valence-electron chi connectivity index (χ1n) is 5.29. The second-order valence-corrected chi connectivity index (χ2v) is 5.07. The number of amides is 1. The van der Waals surface area contributed by atoms with Crippen molar-refractivity contribution < 1.29 is 4.79 Å². The Morgan fingerprint density at radius 2 is 1.68 bits per heavy atom. The van der Waals surface area contributed by atoms with Crippen LogP contribution < -0.4 is 11.1 Å². The molecule has 2 rings (SSSR count). The number of benzene rings is 2. The third kappa shape index (κ3) is 3.32. The number of hydrogen-bond acceptors (Lipinski definition) is 2. The van der Waals surface area contributed by atoms with E-state index in [2.05, 4.69) is 5.32 Å². The molecule has 0 saturated carbocycles. The molecule has 0 unspecified atom stereocenters. The lowest BCUT2D eigenvalue weighted by atomic mass is 10.2. The molecule has 0 atom stereocenters. The van der Waals surface area contributed by atoms with Crippen LogP contribution in [0.2, 0.25) is 15.1 Å². The van der Waals surface area contributed by atoms with E-state index in [1.54, 1.807) is 30.3 Å². The fourth-order valence-electron chi connectivity index (χ4n) is 1.47. The second kappa shape index (κ2) is 5.70. The molecule has 0 heterocycles. The van der Waals surface area contributed by atoms with Gasteiger partial charge in [-0.15, -0.1) is 0 Å². The van der Waals surface area contributed by atoms with Gasteiger partial charge in [-0.25, -0.2) is 0 Å². The monoisotopic (exact) mass is 314 g/mol. The number of halogens is 3. The molecule has 2 aromatic carbocycles. The summed E-state index contributed by atoms with van der Waals surface area (Å²) in [7, 11) is 0. The number of anilines is 2. The van der Waals surface area contributed by atoms with Gasteiger partial charge >= 0.3 is 0 Å². The molecule has 0 saturated heterocycles. The highest BCUT2D eigenvalue weighted by Gasteiger charge is 2.10. The molecule has 3 N–H and O–H groups in total. The van der Waals surface area contributed by atoms with E-state index in [-0.39, 0.29) is 5.91 Å². The summed E-state index contributed by atoms with van der Waals surface area (Å²) in [6, 6.07) is 9.45. The van der Waals surface area contributed by atoms with Gasteiger partial charge in [0.05, 0.1) is 21.4 Å². The average molecular weight is 316 g/mol. The van der Waals surface area contributed by atoms with Crippen molar-refractivity contribution in [1.82, 2.24) is 0 Å². The molecule has 0 spiro atoms. The molecular weight excluding hydrogens is 307 g/mol. The van der Waals surface area contributed by atoms with E-state index in [0.29, 0.717) is 32.0 Å². The SMILES string of the molecule is Nc1cc(C(=O)Nc2cc(Cl)ccc2Cl)ccc1Cl. The summed E-state index contributed by atoms with van der Waals surface area (Å²) in [6.45, 7) is 0. The molecule has 0 aliphatic rings. The van der Waals surface area contributed by atoms with Crippen LogP contribution in [0.3, 0.4) is 0 Å². The van der Waals surface area contributed by atoms with E-state index in [1.807, 2.05) is 0 Å². The highest BCUT2D eigenvalue weighted by atomic mass is 35.5. The van der Waals surface area contributed by atoms with Crippen molar-refractivity contribution in [2.75, 3.05) is 11.1 Å². The standard InChI is InChI=1S/C13H9Cl3N2O/c14-8-2-4-10(16)12(6-8)18-13(19)7-1-3-9(15)11(17)5-7/h1-6H,17H2,(H,18,19).